The first kappa shape index (κ1) is 13.6. The van der Waals surface area contributed by atoms with Gasteiger partial charge in [0.1, 0.15) is 12.1 Å². The minimum atomic E-state index is -0.0811. The van der Waals surface area contributed by atoms with Crippen molar-refractivity contribution >= 4 is 11.8 Å². The van der Waals surface area contributed by atoms with Gasteiger partial charge in [0.15, 0.2) is 0 Å². The Morgan fingerprint density at radius 3 is 2.79 bits per heavy atom. The first-order valence-electron chi connectivity index (χ1n) is 6.52. The highest BCUT2D eigenvalue weighted by molar-refractivity contribution is 5.72. The van der Waals surface area contributed by atoms with Crippen molar-refractivity contribution in [2.75, 3.05) is 31.7 Å². The van der Waals surface area contributed by atoms with Gasteiger partial charge in [-0.15, -0.1) is 0 Å². The Morgan fingerprint density at radius 1 is 1.42 bits per heavy atom. The molecule has 0 aromatic carbocycles. The van der Waals surface area contributed by atoms with Crippen molar-refractivity contribution in [3.8, 4) is 5.88 Å². The lowest BCUT2D eigenvalue weighted by molar-refractivity contribution is -0.148. The molecule has 2 rings (SSSR count). The topological polar surface area (TPSA) is 64.5 Å². The SMILES string of the molecule is CCOC(=O)C1CCN(c2cc(OC)ncn2)CC1. The van der Waals surface area contributed by atoms with Crippen LogP contribution >= 0.6 is 0 Å². The first-order chi connectivity index (χ1) is 9.24. The lowest BCUT2D eigenvalue weighted by atomic mass is 9.97. The van der Waals surface area contributed by atoms with Gasteiger partial charge in [-0.05, 0) is 19.8 Å². The van der Waals surface area contributed by atoms with Crippen LogP contribution in [0.2, 0.25) is 0 Å². The van der Waals surface area contributed by atoms with Crippen molar-refractivity contribution in [1.29, 1.82) is 0 Å². The van der Waals surface area contributed by atoms with Gasteiger partial charge in [0, 0.05) is 19.2 Å². The maximum Gasteiger partial charge on any atom is 0.309 e. The summed E-state index contributed by atoms with van der Waals surface area (Å²) in [7, 11) is 1.58. The number of aromatic nitrogens is 2. The summed E-state index contributed by atoms with van der Waals surface area (Å²) in [6.45, 7) is 3.87. The standard InChI is InChI=1S/C13H19N3O3/c1-3-19-13(17)10-4-6-16(7-5-10)11-8-12(18-2)15-9-14-11/h8-10H,3-7H2,1-2H3. The molecule has 19 heavy (non-hydrogen) atoms. The molecule has 1 aliphatic rings. The molecule has 0 saturated carbocycles. The number of rotatable bonds is 4. The first-order valence-corrected chi connectivity index (χ1v) is 6.52. The summed E-state index contributed by atoms with van der Waals surface area (Å²) >= 11 is 0. The molecule has 0 atom stereocenters. The van der Waals surface area contributed by atoms with Crippen LogP contribution in [0.4, 0.5) is 5.82 Å². The van der Waals surface area contributed by atoms with Crippen LogP contribution in [-0.2, 0) is 9.53 Å². The molecule has 0 bridgehead atoms. The molecule has 2 heterocycles. The summed E-state index contributed by atoms with van der Waals surface area (Å²) in [5, 5.41) is 0. The highest BCUT2D eigenvalue weighted by Gasteiger charge is 2.26. The molecule has 1 aromatic rings. The molecule has 0 aliphatic carbocycles. The van der Waals surface area contributed by atoms with E-state index in [1.165, 1.54) is 6.33 Å². The number of carbonyl (C=O) groups is 1. The van der Waals surface area contributed by atoms with Crippen LogP contribution in [0.1, 0.15) is 19.8 Å². The number of ether oxygens (including phenoxy) is 2. The van der Waals surface area contributed by atoms with Gasteiger partial charge in [0.05, 0.1) is 19.6 Å². The van der Waals surface area contributed by atoms with Gasteiger partial charge in [-0.25, -0.2) is 9.97 Å². The van der Waals surface area contributed by atoms with E-state index >= 15 is 0 Å². The van der Waals surface area contributed by atoms with E-state index in [0.717, 1.165) is 31.7 Å². The average molecular weight is 265 g/mol. The Labute approximate surface area is 112 Å². The third kappa shape index (κ3) is 3.33. The third-order valence-corrected chi connectivity index (χ3v) is 3.28. The molecular weight excluding hydrogens is 246 g/mol. The number of anilines is 1. The van der Waals surface area contributed by atoms with Gasteiger partial charge < -0.3 is 14.4 Å². The van der Waals surface area contributed by atoms with Gasteiger partial charge in [-0.1, -0.05) is 0 Å². The van der Waals surface area contributed by atoms with E-state index in [-0.39, 0.29) is 11.9 Å². The number of hydrogen-bond donors (Lipinski definition) is 0. The van der Waals surface area contributed by atoms with Crippen molar-refractivity contribution in [1.82, 2.24) is 9.97 Å². The van der Waals surface area contributed by atoms with Crippen LogP contribution in [0.5, 0.6) is 5.88 Å². The van der Waals surface area contributed by atoms with Crippen molar-refractivity contribution in [3.63, 3.8) is 0 Å². The zero-order valence-electron chi connectivity index (χ0n) is 11.3. The molecule has 1 aromatic heterocycles. The Kier molecular flexibility index (Phi) is 4.54. The van der Waals surface area contributed by atoms with E-state index in [2.05, 4.69) is 14.9 Å². The Hall–Kier alpha value is -1.85. The summed E-state index contributed by atoms with van der Waals surface area (Å²) in [6.07, 6.45) is 3.09. The minimum absolute atomic E-state index is 0.0138. The number of piperidine rings is 1. The average Bonchev–Trinajstić information content (AvgIpc) is 2.48. The summed E-state index contributed by atoms with van der Waals surface area (Å²) in [6, 6.07) is 1.81. The summed E-state index contributed by atoms with van der Waals surface area (Å²) in [5.74, 6) is 1.33. The monoisotopic (exact) mass is 265 g/mol. The molecule has 0 radical (unpaired) electrons. The van der Waals surface area contributed by atoms with E-state index in [1.807, 2.05) is 13.0 Å². The van der Waals surface area contributed by atoms with Crippen molar-refractivity contribution in [3.05, 3.63) is 12.4 Å². The molecule has 0 unspecified atom stereocenters. The number of hydrogen-bond acceptors (Lipinski definition) is 6. The van der Waals surface area contributed by atoms with Crippen molar-refractivity contribution in [2.24, 2.45) is 5.92 Å². The van der Waals surface area contributed by atoms with E-state index in [4.69, 9.17) is 9.47 Å². The van der Waals surface area contributed by atoms with Crippen molar-refractivity contribution < 1.29 is 14.3 Å². The van der Waals surface area contributed by atoms with Crippen LogP contribution in [-0.4, -0.2) is 42.7 Å². The summed E-state index contributed by atoms with van der Waals surface area (Å²) in [5.41, 5.74) is 0. The molecular formula is C13H19N3O3. The van der Waals surface area contributed by atoms with Crippen LogP contribution in [0.3, 0.4) is 0 Å². The molecule has 104 valence electrons. The Morgan fingerprint density at radius 2 is 2.16 bits per heavy atom. The largest absolute Gasteiger partial charge is 0.481 e. The van der Waals surface area contributed by atoms with E-state index < -0.39 is 0 Å². The van der Waals surface area contributed by atoms with Crippen LogP contribution in [0.25, 0.3) is 0 Å². The summed E-state index contributed by atoms with van der Waals surface area (Å²) in [4.78, 5) is 22.0. The molecule has 1 aliphatic heterocycles. The zero-order chi connectivity index (χ0) is 13.7. The molecule has 1 fully saturated rings. The van der Waals surface area contributed by atoms with Crippen molar-refractivity contribution in [2.45, 2.75) is 19.8 Å². The lowest BCUT2D eigenvalue weighted by Gasteiger charge is -2.31. The fraction of sp³-hybridized carbons (Fsp3) is 0.615. The molecule has 1 saturated heterocycles. The number of nitrogens with zero attached hydrogens (tertiary/aromatic N) is 3. The summed E-state index contributed by atoms with van der Waals surface area (Å²) < 4.78 is 10.1. The van der Waals surface area contributed by atoms with Crippen LogP contribution in [0.15, 0.2) is 12.4 Å². The fourth-order valence-corrected chi connectivity index (χ4v) is 2.22. The third-order valence-electron chi connectivity index (χ3n) is 3.28. The highest BCUT2D eigenvalue weighted by atomic mass is 16.5. The minimum Gasteiger partial charge on any atom is -0.481 e. The number of esters is 1. The number of carbonyl (C=O) groups excluding carboxylic acids is 1. The molecule has 6 heteroatoms. The smallest absolute Gasteiger partial charge is 0.309 e. The van der Waals surface area contributed by atoms with E-state index in [0.29, 0.717) is 12.5 Å². The van der Waals surface area contributed by atoms with E-state index in [1.54, 1.807) is 7.11 Å². The fourth-order valence-electron chi connectivity index (χ4n) is 2.22. The number of methoxy groups -OCH3 is 1. The normalized spacial score (nSPS) is 16.2. The highest BCUT2D eigenvalue weighted by Crippen LogP contribution is 2.24. The molecule has 6 nitrogen and oxygen atoms in total. The molecule has 0 spiro atoms. The van der Waals surface area contributed by atoms with Crippen LogP contribution < -0.4 is 9.64 Å². The van der Waals surface area contributed by atoms with Gasteiger partial charge in [-0.2, -0.15) is 0 Å². The molecule has 0 N–H and O–H groups in total. The molecule has 0 amide bonds. The Balaban J connectivity index is 1.94. The lowest BCUT2D eigenvalue weighted by Crippen LogP contribution is -2.37. The quantitative estimate of drug-likeness (QED) is 0.764. The van der Waals surface area contributed by atoms with Gasteiger partial charge in [-0.3, -0.25) is 4.79 Å². The van der Waals surface area contributed by atoms with E-state index in [9.17, 15) is 4.79 Å². The second kappa shape index (κ2) is 6.36. The van der Waals surface area contributed by atoms with Gasteiger partial charge in [0.25, 0.3) is 0 Å². The second-order valence-electron chi connectivity index (χ2n) is 4.43. The second-order valence-corrected chi connectivity index (χ2v) is 4.43. The van der Waals surface area contributed by atoms with Crippen LogP contribution in [0, 0.1) is 5.92 Å². The Bertz CT molecular complexity index is 431. The predicted molar refractivity (Wildman–Crippen MR) is 70.2 cm³/mol. The maximum atomic E-state index is 11.7. The van der Waals surface area contributed by atoms with Gasteiger partial charge in [0.2, 0.25) is 5.88 Å². The van der Waals surface area contributed by atoms with Gasteiger partial charge >= 0.3 is 5.97 Å². The maximum absolute atomic E-state index is 11.7. The zero-order valence-corrected chi connectivity index (χ0v) is 11.3. The predicted octanol–water partition coefficient (Wildman–Crippen LogP) is 1.26.